The Kier molecular flexibility index (Phi) is 21.6. The Morgan fingerprint density at radius 1 is 1.64 bits per heavy atom. The summed E-state index contributed by atoms with van der Waals surface area (Å²) in [7, 11) is 0. The molecule has 0 heterocycles. The SMILES string of the molecule is CCOC(=O)C[C-]=CCC[CH-]N.Cl.[Cr+2]. The summed E-state index contributed by atoms with van der Waals surface area (Å²) in [6.45, 7) is 3.80. The smallest absolute Gasteiger partial charge is 0.490 e. The molecule has 0 aliphatic carbocycles. The van der Waals surface area contributed by atoms with E-state index in [-0.39, 0.29) is 42.2 Å². The monoisotopic (exact) mass is 257 g/mol. The van der Waals surface area contributed by atoms with Gasteiger partial charge < -0.3 is 16.5 Å². The van der Waals surface area contributed by atoms with Gasteiger partial charge in [0.1, 0.15) is 0 Å². The molecule has 0 fully saturated rings. The molecule has 0 saturated heterocycles. The van der Waals surface area contributed by atoms with Gasteiger partial charge in [-0.05, 0) is 6.92 Å². The Balaban J connectivity index is -0.000000605. The zero-order chi connectivity index (χ0) is 9.23. The molecule has 0 aliphatic rings. The summed E-state index contributed by atoms with van der Waals surface area (Å²) in [5, 5.41) is 0. The van der Waals surface area contributed by atoms with Crippen molar-refractivity contribution in [2.75, 3.05) is 6.61 Å². The van der Waals surface area contributed by atoms with Crippen molar-refractivity contribution in [3.05, 3.63) is 18.7 Å². The molecule has 0 unspecified atom stereocenters. The van der Waals surface area contributed by atoms with Gasteiger partial charge in [-0.15, -0.1) is 12.4 Å². The minimum absolute atomic E-state index is 0. The molecule has 0 spiro atoms. The van der Waals surface area contributed by atoms with E-state index in [1.54, 1.807) is 19.5 Å². The Hall–Kier alpha value is -0.00753. The minimum Gasteiger partial charge on any atom is -0.490 e. The summed E-state index contributed by atoms with van der Waals surface area (Å²) >= 11 is 0. The van der Waals surface area contributed by atoms with Crippen molar-refractivity contribution in [1.82, 2.24) is 0 Å². The Morgan fingerprint density at radius 3 is 2.79 bits per heavy atom. The zero-order valence-corrected chi connectivity index (χ0v) is 10.3. The normalized spacial score (nSPS) is 9.00. The Labute approximate surface area is 103 Å². The van der Waals surface area contributed by atoms with Crippen molar-refractivity contribution in [2.24, 2.45) is 5.73 Å². The van der Waals surface area contributed by atoms with E-state index in [2.05, 4.69) is 6.08 Å². The van der Waals surface area contributed by atoms with Gasteiger partial charge in [0.15, 0.2) is 0 Å². The molecular formula is C9H16ClCrNO2. The summed E-state index contributed by atoms with van der Waals surface area (Å²) in [6.07, 6.45) is 6.51. The third-order valence-corrected chi connectivity index (χ3v) is 1.17. The average Bonchev–Trinajstić information content (AvgIpc) is 2.05. The fraction of sp³-hybridized carbons (Fsp3) is 0.556. The standard InChI is InChI=1S/C9H15NO2.ClH.Cr/c1-2-12-9(11)7-5-3-4-6-8-10;;/h3,8H,2,4,6-7,10H2,1H3;1H;/q-2;;+2. The average molecular weight is 258 g/mol. The zero-order valence-electron chi connectivity index (χ0n) is 8.19. The molecule has 0 rings (SSSR count). The van der Waals surface area contributed by atoms with E-state index in [4.69, 9.17) is 10.5 Å². The first-order valence-corrected chi connectivity index (χ1v) is 4.05. The summed E-state index contributed by atoms with van der Waals surface area (Å²) in [6, 6.07) is 0. The number of hydrogen-bond acceptors (Lipinski definition) is 3. The van der Waals surface area contributed by atoms with Crippen molar-refractivity contribution in [3.8, 4) is 0 Å². The van der Waals surface area contributed by atoms with Gasteiger partial charge in [0.05, 0.1) is 6.61 Å². The van der Waals surface area contributed by atoms with Crippen LogP contribution in [0.4, 0.5) is 0 Å². The molecule has 0 radical (unpaired) electrons. The van der Waals surface area contributed by atoms with Gasteiger partial charge in [0, 0.05) is 0 Å². The van der Waals surface area contributed by atoms with Crippen molar-refractivity contribution >= 4 is 18.4 Å². The largest absolute Gasteiger partial charge is 2.00 e. The maximum Gasteiger partial charge on any atom is 2.00 e. The number of nitrogens with two attached hydrogens (primary N) is 1. The first-order chi connectivity index (χ1) is 5.81. The molecule has 82 valence electrons. The third-order valence-electron chi connectivity index (χ3n) is 1.17. The number of allylic oxidation sites excluding steroid dienone is 1. The first kappa shape index (κ1) is 19.5. The number of hydrogen-bond donors (Lipinski definition) is 1. The molecule has 14 heavy (non-hydrogen) atoms. The van der Waals surface area contributed by atoms with Crippen LogP contribution < -0.4 is 5.73 Å². The van der Waals surface area contributed by atoms with E-state index in [1.807, 2.05) is 0 Å². The van der Waals surface area contributed by atoms with Gasteiger partial charge in [-0.1, -0.05) is 12.8 Å². The van der Waals surface area contributed by atoms with Crippen LogP contribution in [-0.2, 0) is 26.9 Å². The summed E-state index contributed by atoms with van der Waals surface area (Å²) < 4.78 is 4.69. The number of halogens is 1. The van der Waals surface area contributed by atoms with Gasteiger partial charge in [0.2, 0.25) is 0 Å². The van der Waals surface area contributed by atoms with Crippen LogP contribution in [0.1, 0.15) is 26.2 Å². The molecular weight excluding hydrogens is 242 g/mol. The second kappa shape index (κ2) is 15.5. The van der Waals surface area contributed by atoms with Crippen molar-refractivity contribution in [2.45, 2.75) is 26.2 Å². The summed E-state index contributed by atoms with van der Waals surface area (Å²) in [5.41, 5.74) is 5.15. The Morgan fingerprint density at radius 2 is 2.29 bits per heavy atom. The summed E-state index contributed by atoms with van der Waals surface area (Å²) in [4.78, 5) is 10.7. The predicted octanol–water partition coefficient (Wildman–Crippen LogP) is 1.62. The molecule has 0 aromatic carbocycles. The minimum atomic E-state index is -0.231. The van der Waals surface area contributed by atoms with Crippen LogP contribution in [0.2, 0.25) is 0 Å². The molecule has 5 heteroatoms. The van der Waals surface area contributed by atoms with E-state index < -0.39 is 0 Å². The van der Waals surface area contributed by atoms with Crippen molar-refractivity contribution in [1.29, 1.82) is 0 Å². The number of ether oxygens (including phenoxy) is 1. The van der Waals surface area contributed by atoms with Crippen LogP contribution in [0.5, 0.6) is 0 Å². The van der Waals surface area contributed by atoms with Crippen LogP contribution in [0.25, 0.3) is 0 Å². The number of carbonyl (C=O) groups excluding carboxylic acids is 1. The van der Waals surface area contributed by atoms with E-state index in [9.17, 15) is 4.79 Å². The van der Waals surface area contributed by atoms with E-state index in [0.717, 1.165) is 12.8 Å². The second-order valence-electron chi connectivity index (χ2n) is 2.20. The molecule has 3 nitrogen and oxygen atoms in total. The van der Waals surface area contributed by atoms with Gasteiger partial charge in [0.25, 0.3) is 5.97 Å². The van der Waals surface area contributed by atoms with Gasteiger partial charge in [-0.3, -0.25) is 17.4 Å². The van der Waals surface area contributed by atoms with Crippen LogP contribution in [0, 0.1) is 12.6 Å². The van der Waals surface area contributed by atoms with Crippen LogP contribution in [-0.4, -0.2) is 12.6 Å². The van der Waals surface area contributed by atoms with E-state index in [1.165, 1.54) is 0 Å². The fourth-order valence-electron chi connectivity index (χ4n) is 0.649. The van der Waals surface area contributed by atoms with Crippen LogP contribution >= 0.6 is 12.4 Å². The number of unbranched alkanes of at least 4 members (excludes halogenated alkanes) is 1. The molecule has 0 aliphatic heterocycles. The Bertz CT molecular complexity index is 154. The molecule has 0 aromatic heterocycles. The fourth-order valence-corrected chi connectivity index (χ4v) is 0.649. The number of rotatable bonds is 6. The quantitative estimate of drug-likeness (QED) is 0.447. The molecule has 0 bridgehead atoms. The maximum atomic E-state index is 10.7. The van der Waals surface area contributed by atoms with E-state index in [0.29, 0.717) is 6.61 Å². The van der Waals surface area contributed by atoms with Gasteiger partial charge >= 0.3 is 17.4 Å². The van der Waals surface area contributed by atoms with Gasteiger partial charge in [-0.25, -0.2) is 0 Å². The topological polar surface area (TPSA) is 52.3 Å². The van der Waals surface area contributed by atoms with Crippen molar-refractivity contribution in [3.63, 3.8) is 0 Å². The molecule has 2 N–H and O–H groups in total. The second-order valence-corrected chi connectivity index (χ2v) is 2.20. The molecule has 0 aromatic rings. The first-order valence-electron chi connectivity index (χ1n) is 4.05. The predicted molar refractivity (Wildman–Crippen MR) is 54.0 cm³/mol. The number of carbonyl (C=O) groups is 1. The van der Waals surface area contributed by atoms with Crippen LogP contribution in [0.15, 0.2) is 6.08 Å². The maximum absolute atomic E-state index is 10.7. The van der Waals surface area contributed by atoms with Gasteiger partial charge in [-0.2, -0.15) is 6.42 Å². The third kappa shape index (κ3) is 14.5. The van der Waals surface area contributed by atoms with Crippen molar-refractivity contribution < 1.29 is 26.9 Å². The number of esters is 1. The molecule has 0 saturated carbocycles. The summed E-state index contributed by atoms with van der Waals surface area (Å²) in [5.74, 6) is -0.231. The van der Waals surface area contributed by atoms with E-state index >= 15 is 0 Å². The molecule has 0 amide bonds. The van der Waals surface area contributed by atoms with Crippen LogP contribution in [0.3, 0.4) is 0 Å². The molecule has 0 atom stereocenters.